The lowest BCUT2D eigenvalue weighted by Gasteiger charge is -1.92. The molecule has 0 bridgehead atoms. The fourth-order valence-corrected chi connectivity index (χ4v) is 3.70. The monoisotopic (exact) mass is 245 g/mol. The van der Waals surface area contributed by atoms with Gasteiger partial charge in [0.1, 0.15) is 5.01 Å². The van der Waals surface area contributed by atoms with Gasteiger partial charge in [0.2, 0.25) is 0 Å². The number of fused-ring (bicyclic) bond motifs is 1. The molecule has 16 heavy (non-hydrogen) atoms. The Labute approximate surface area is 102 Å². The van der Waals surface area contributed by atoms with Crippen LogP contribution >= 0.6 is 22.7 Å². The summed E-state index contributed by atoms with van der Waals surface area (Å²) in [5.41, 5.74) is 2.43. The largest absolute Gasteiger partial charge is 0.241 e. The van der Waals surface area contributed by atoms with E-state index in [-0.39, 0.29) is 0 Å². The van der Waals surface area contributed by atoms with Crippen molar-refractivity contribution in [3.8, 4) is 10.6 Å². The van der Waals surface area contributed by atoms with Gasteiger partial charge in [-0.1, -0.05) is 18.2 Å². The number of benzene rings is 1. The molecule has 0 saturated heterocycles. The molecule has 1 aromatic carbocycles. The van der Waals surface area contributed by atoms with Crippen LogP contribution in [0.5, 0.6) is 0 Å². The summed E-state index contributed by atoms with van der Waals surface area (Å²) >= 11 is 3.57. The highest BCUT2D eigenvalue weighted by Gasteiger charge is 2.10. The summed E-state index contributed by atoms with van der Waals surface area (Å²) in [5.74, 6) is 0. The summed E-state index contributed by atoms with van der Waals surface area (Å²) < 4.78 is 1.34. The molecule has 80 valence electrons. The first-order valence-corrected chi connectivity index (χ1v) is 6.86. The Morgan fingerprint density at radius 3 is 2.69 bits per heavy atom. The highest BCUT2D eigenvalue weighted by atomic mass is 32.1. The molecule has 0 fully saturated rings. The SMILES string of the molecule is Cc1nc(-c2csc3ccccc23)sc1C. The lowest BCUT2D eigenvalue weighted by Crippen LogP contribution is -1.75. The molecule has 0 radical (unpaired) electrons. The molecule has 0 spiro atoms. The maximum atomic E-state index is 4.63. The van der Waals surface area contributed by atoms with E-state index in [0.29, 0.717) is 0 Å². The van der Waals surface area contributed by atoms with Gasteiger partial charge in [-0.25, -0.2) is 4.98 Å². The molecule has 3 heteroatoms. The van der Waals surface area contributed by atoms with Crippen molar-refractivity contribution in [3.63, 3.8) is 0 Å². The first-order chi connectivity index (χ1) is 7.75. The smallest absolute Gasteiger partial charge is 0.125 e. The van der Waals surface area contributed by atoms with E-state index in [4.69, 9.17) is 0 Å². The number of nitrogens with zero attached hydrogens (tertiary/aromatic N) is 1. The van der Waals surface area contributed by atoms with E-state index < -0.39 is 0 Å². The summed E-state index contributed by atoms with van der Waals surface area (Å²) in [5, 5.41) is 4.68. The molecular formula is C13H11NS2. The molecule has 3 aromatic rings. The Morgan fingerprint density at radius 2 is 1.94 bits per heavy atom. The fourth-order valence-electron chi connectivity index (χ4n) is 1.73. The van der Waals surface area contributed by atoms with Crippen LogP contribution in [0.25, 0.3) is 20.7 Å². The normalized spacial score (nSPS) is 11.1. The van der Waals surface area contributed by atoms with E-state index in [9.17, 15) is 0 Å². The van der Waals surface area contributed by atoms with Gasteiger partial charge in [-0.3, -0.25) is 0 Å². The number of hydrogen-bond donors (Lipinski definition) is 0. The number of aromatic nitrogens is 1. The van der Waals surface area contributed by atoms with Crippen LogP contribution in [0.15, 0.2) is 29.6 Å². The molecular weight excluding hydrogens is 234 g/mol. The Bertz CT molecular complexity index is 629. The predicted molar refractivity (Wildman–Crippen MR) is 72.4 cm³/mol. The van der Waals surface area contributed by atoms with Crippen LogP contribution < -0.4 is 0 Å². The van der Waals surface area contributed by atoms with E-state index in [2.05, 4.69) is 48.5 Å². The number of hydrogen-bond acceptors (Lipinski definition) is 3. The van der Waals surface area contributed by atoms with Crippen LogP contribution in [0, 0.1) is 13.8 Å². The number of rotatable bonds is 1. The molecule has 0 aliphatic carbocycles. The van der Waals surface area contributed by atoms with Crippen LogP contribution in [-0.2, 0) is 0 Å². The second kappa shape index (κ2) is 3.68. The van der Waals surface area contributed by atoms with Crippen molar-refractivity contribution >= 4 is 32.8 Å². The zero-order valence-electron chi connectivity index (χ0n) is 9.15. The van der Waals surface area contributed by atoms with Crippen LogP contribution in [-0.4, -0.2) is 4.98 Å². The second-order valence-corrected chi connectivity index (χ2v) is 5.92. The Hall–Kier alpha value is -1.19. The molecule has 2 heterocycles. The number of aryl methyl sites for hydroxylation is 2. The van der Waals surface area contributed by atoms with Crippen LogP contribution in [0.3, 0.4) is 0 Å². The first-order valence-electron chi connectivity index (χ1n) is 5.16. The zero-order chi connectivity index (χ0) is 11.1. The topological polar surface area (TPSA) is 12.9 Å². The number of thiophene rings is 1. The van der Waals surface area contributed by atoms with Crippen molar-refractivity contribution in [1.82, 2.24) is 4.98 Å². The molecule has 0 unspecified atom stereocenters. The molecule has 0 atom stereocenters. The highest BCUT2D eigenvalue weighted by Crippen LogP contribution is 2.36. The molecule has 1 nitrogen and oxygen atoms in total. The lowest BCUT2D eigenvalue weighted by molar-refractivity contribution is 1.23. The third kappa shape index (κ3) is 1.47. The van der Waals surface area contributed by atoms with Crippen molar-refractivity contribution in [2.45, 2.75) is 13.8 Å². The number of thiazole rings is 1. The van der Waals surface area contributed by atoms with Crippen molar-refractivity contribution < 1.29 is 0 Å². The second-order valence-electron chi connectivity index (χ2n) is 3.81. The van der Waals surface area contributed by atoms with Gasteiger partial charge in [0.25, 0.3) is 0 Å². The minimum Gasteiger partial charge on any atom is -0.241 e. The molecule has 2 aromatic heterocycles. The quantitative estimate of drug-likeness (QED) is 0.608. The maximum absolute atomic E-state index is 4.63. The summed E-state index contributed by atoms with van der Waals surface area (Å²) in [6.45, 7) is 4.20. The van der Waals surface area contributed by atoms with Gasteiger partial charge in [-0.15, -0.1) is 22.7 Å². The van der Waals surface area contributed by atoms with E-state index >= 15 is 0 Å². The minimum atomic E-state index is 1.15. The summed E-state index contributed by atoms with van der Waals surface area (Å²) in [6, 6.07) is 8.51. The van der Waals surface area contributed by atoms with Gasteiger partial charge < -0.3 is 0 Å². The molecule has 0 saturated carbocycles. The Balaban J connectivity index is 2.26. The molecule has 0 amide bonds. The van der Waals surface area contributed by atoms with E-state index in [1.807, 2.05) is 0 Å². The third-order valence-corrected chi connectivity index (χ3v) is 4.81. The first kappa shape index (κ1) is 10.00. The molecule has 0 aliphatic rings. The van der Waals surface area contributed by atoms with Gasteiger partial charge >= 0.3 is 0 Å². The summed E-state index contributed by atoms with van der Waals surface area (Å²) in [4.78, 5) is 5.94. The van der Waals surface area contributed by atoms with Gasteiger partial charge in [-0.05, 0) is 19.9 Å². The van der Waals surface area contributed by atoms with Crippen molar-refractivity contribution in [1.29, 1.82) is 0 Å². The highest BCUT2D eigenvalue weighted by molar-refractivity contribution is 7.19. The standard InChI is InChI=1S/C13H11NS2/c1-8-9(2)16-13(14-8)11-7-15-12-6-4-3-5-10(11)12/h3-7H,1-2H3. The van der Waals surface area contributed by atoms with Crippen molar-refractivity contribution in [2.75, 3.05) is 0 Å². The van der Waals surface area contributed by atoms with Gasteiger partial charge in [0.05, 0.1) is 5.69 Å². The lowest BCUT2D eigenvalue weighted by atomic mass is 10.2. The van der Waals surface area contributed by atoms with Gasteiger partial charge in [-0.2, -0.15) is 0 Å². The van der Waals surface area contributed by atoms with Gasteiger partial charge in [0.15, 0.2) is 0 Å². The molecule has 3 rings (SSSR count). The Morgan fingerprint density at radius 1 is 1.12 bits per heavy atom. The van der Waals surface area contributed by atoms with Crippen molar-refractivity contribution in [2.24, 2.45) is 0 Å². The third-order valence-electron chi connectivity index (χ3n) is 2.74. The van der Waals surface area contributed by atoms with Crippen molar-refractivity contribution in [3.05, 3.63) is 40.2 Å². The summed E-state index contributed by atoms with van der Waals surface area (Å²) in [6.07, 6.45) is 0. The predicted octanol–water partition coefficient (Wildman–Crippen LogP) is 4.64. The maximum Gasteiger partial charge on any atom is 0.125 e. The van der Waals surface area contributed by atoms with Gasteiger partial charge in [0, 0.05) is 25.9 Å². The minimum absolute atomic E-state index is 1.15. The van der Waals surface area contributed by atoms with Crippen LogP contribution in [0.2, 0.25) is 0 Å². The van der Waals surface area contributed by atoms with Crippen LogP contribution in [0.4, 0.5) is 0 Å². The van der Waals surface area contributed by atoms with E-state index in [0.717, 1.165) is 10.7 Å². The zero-order valence-corrected chi connectivity index (χ0v) is 10.8. The van der Waals surface area contributed by atoms with E-state index in [1.54, 1.807) is 22.7 Å². The fraction of sp³-hybridized carbons (Fsp3) is 0.154. The summed E-state index contributed by atoms with van der Waals surface area (Å²) in [7, 11) is 0. The molecule has 0 aliphatic heterocycles. The average molecular weight is 245 g/mol. The van der Waals surface area contributed by atoms with Crippen LogP contribution in [0.1, 0.15) is 10.6 Å². The van der Waals surface area contributed by atoms with E-state index in [1.165, 1.54) is 20.5 Å². The molecule has 0 N–H and O–H groups in total. The Kier molecular flexibility index (Phi) is 2.30. The average Bonchev–Trinajstić information content (AvgIpc) is 2.83.